The Bertz CT molecular complexity index is 392. The van der Waals surface area contributed by atoms with Crippen molar-refractivity contribution in [2.45, 2.75) is 0 Å². The van der Waals surface area contributed by atoms with E-state index in [9.17, 15) is 0 Å². The van der Waals surface area contributed by atoms with E-state index in [0.717, 1.165) is 15.8 Å². The maximum Gasteiger partial charge on any atom is 0.181 e. The number of para-hydroxylation sites is 1. The maximum absolute atomic E-state index is 5.54. The van der Waals surface area contributed by atoms with E-state index in [2.05, 4.69) is 11.9 Å². The lowest BCUT2D eigenvalue weighted by atomic mass is 10.2. The Kier molecular flexibility index (Phi) is 1.32. The fourth-order valence-electron chi connectivity index (χ4n) is 1.02. The van der Waals surface area contributed by atoms with Gasteiger partial charge in [-0.3, -0.25) is 0 Å². The van der Waals surface area contributed by atoms with Crippen LogP contribution in [0.25, 0.3) is 10.2 Å². The average Bonchev–Trinajstić information content (AvgIpc) is 2.31. The number of benzene rings is 1. The molecule has 0 aliphatic heterocycles. The molecule has 55 valence electrons. The molecule has 0 fully saturated rings. The van der Waals surface area contributed by atoms with Crippen molar-refractivity contribution in [3.05, 3.63) is 30.7 Å². The van der Waals surface area contributed by atoms with Gasteiger partial charge in [0.25, 0.3) is 0 Å². The molecule has 0 bridgehead atoms. The minimum Gasteiger partial charge on any atom is -0.375 e. The number of hydrogen-bond acceptors (Lipinski definition) is 3. The molecule has 0 unspecified atom stereocenters. The summed E-state index contributed by atoms with van der Waals surface area (Å²) >= 11 is 1.49. The van der Waals surface area contributed by atoms with Gasteiger partial charge in [0.1, 0.15) is 0 Å². The molecular weight excluding hydrogens is 156 g/mol. The van der Waals surface area contributed by atoms with Crippen molar-refractivity contribution in [2.24, 2.45) is 0 Å². The molecule has 0 saturated carbocycles. The molecule has 2 nitrogen and oxygen atoms in total. The number of hydrogen-bond donors (Lipinski definition) is 1. The second-order valence-corrected chi connectivity index (χ2v) is 3.38. The van der Waals surface area contributed by atoms with Gasteiger partial charge in [-0.05, 0) is 18.6 Å². The third-order valence-electron chi connectivity index (χ3n) is 1.52. The first-order valence-electron chi connectivity index (χ1n) is 3.24. The smallest absolute Gasteiger partial charge is 0.181 e. The van der Waals surface area contributed by atoms with Crippen molar-refractivity contribution in [3.8, 4) is 0 Å². The van der Waals surface area contributed by atoms with Crippen LogP contribution >= 0.6 is 11.3 Å². The van der Waals surface area contributed by atoms with Crippen molar-refractivity contribution in [2.75, 3.05) is 5.73 Å². The molecule has 0 aliphatic rings. The van der Waals surface area contributed by atoms with Crippen molar-refractivity contribution in [3.63, 3.8) is 0 Å². The average molecular weight is 163 g/mol. The summed E-state index contributed by atoms with van der Waals surface area (Å²) in [4.78, 5) is 4.15. The topological polar surface area (TPSA) is 38.9 Å². The summed E-state index contributed by atoms with van der Waals surface area (Å²) in [6.45, 7) is 3.85. The predicted octanol–water partition coefficient (Wildman–Crippen LogP) is 2.06. The van der Waals surface area contributed by atoms with Crippen LogP contribution in [0.5, 0.6) is 0 Å². The Morgan fingerprint density at radius 3 is 3.00 bits per heavy atom. The van der Waals surface area contributed by atoms with E-state index >= 15 is 0 Å². The molecule has 11 heavy (non-hydrogen) atoms. The SMILES string of the molecule is [CH2]c1cccc2sc(N)nc12. The fourth-order valence-corrected chi connectivity index (χ4v) is 1.80. The van der Waals surface area contributed by atoms with Gasteiger partial charge in [-0.2, -0.15) is 0 Å². The minimum atomic E-state index is 0.608. The highest BCUT2D eigenvalue weighted by atomic mass is 32.1. The van der Waals surface area contributed by atoms with Crippen LogP contribution in [0.2, 0.25) is 0 Å². The monoisotopic (exact) mass is 163 g/mol. The Morgan fingerprint density at radius 1 is 1.45 bits per heavy atom. The van der Waals surface area contributed by atoms with Gasteiger partial charge in [0.05, 0.1) is 10.2 Å². The molecule has 1 heterocycles. The number of fused-ring (bicyclic) bond motifs is 1. The van der Waals surface area contributed by atoms with Crippen LogP contribution in [0.15, 0.2) is 18.2 Å². The largest absolute Gasteiger partial charge is 0.375 e. The number of nitrogens with two attached hydrogens (primary N) is 1. The lowest BCUT2D eigenvalue weighted by molar-refractivity contribution is 1.48. The Morgan fingerprint density at radius 2 is 2.27 bits per heavy atom. The van der Waals surface area contributed by atoms with Crippen LogP contribution in [0.1, 0.15) is 5.56 Å². The zero-order valence-corrected chi connectivity index (χ0v) is 6.69. The number of nitrogens with zero attached hydrogens (tertiary/aromatic N) is 1. The lowest BCUT2D eigenvalue weighted by Gasteiger charge is -1.89. The van der Waals surface area contributed by atoms with Crippen LogP contribution in [0, 0.1) is 6.92 Å². The molecular formula is C8H7N2S. The summed E-state index contributed by atoms with van der Waals surface area (Å²) in [5.41, 5.74) is 7.41. The minimum absolute atomic E-state index is 0.608. The predicted molar refractivity (Wildman–Crippen MR) is 48.5 cm³/mol. The molecule has 0 amide bonds. The highest BCUT2D eigenvalue weighted by Gasteiger charge is 2.01. The van der Waals surface area contributed by atoms with Crippen LogP contribution in [-0.4, -0.2) is 4.98 Å². The van der Waals surface area contributed by atoms with E-state index in [-0.39, 0.29) is 0 Å². The molecule has 0 saturated heterocycles. The maximum atomic E-state index is 5.54. The Balaban J connectivity index is 2.90. The first-order chi connectivity index (χ1) is 5.27. The molecule has 1 aromatic heterocycles. The standard InChI is InChI=1S/C8H7N2S/c1-5-3-2-4-6-7(5)10-8(9)11-6/h2-4H,1H2,(H2,9,10). The van der Waals surface area contributed by atoms with Crippen LogP contribution < -0.4 is 5.73 Å². The molecule has 0 spiro atoms. The second-order valence-electron chi connectivity index (χ2n) is 2.32. The van der Waals surface area contributed by atoms with Crippen molar-refractivity contribution in [1.82, 2.24) is 4.98 Å². The molecule has 0 atom stereocenters. The van der Waals surface area contributed by atoms with Crippen molar-refractivity contribution < 1.29 is 0 Å². The number of rotatable bonds is 0. The number of nitrogen functional groups attached to an aromatic ring is 1. The van der Waals surface area contributed by atoms with Crippen LogP contribution in [0.4, 0.5) is 5.13 Å². The summed E-state index contributed by atoms with van der Waals surface area (Å²) in [5, 5.41) is 0.608. The van der Waals surface area contributed by atoms with Crippen molar-refractivity contribution in [1.29, 1.82) is 0 Å². The third-order valence-corrected chi connectivity index (χ3v) is 2.37. The van der Waals surface area contributed by atoms with Gasteiger partial charge in [-0.1, -0.05) is 23.5 Å². The molecule has 2 aromatic rings. The van der Waals surface area contributed by atoms with Gasteiger partial charge in [0, 0.05) is 0 Å². The molecule has 1 radical (unpaired) electrons. The molecule has 1 aromatic carbocycles. The summed E-state index contributed by atoms with van der Waals surface area (Å²) < 4.78 is 1.11. The van der Waals surface area contributed by atoms with Gasteiger partial charge in [-0.25, -0.2) is 4.98 Å². The van der Waals surface area contributed by atoms with E-state index in [0.29, 0.717) is 5.13 Å². The third kappa shape index (κ3) is 0.973. The van der Waals surface area contributed by atoms with E-state index in [4.69, 9.17) is 5.73 Å². The zero-order chi connectivity index (χ0) is 7.84. The first-order valence-corrected chi connectivity index (χ1v) is 4.06. The normalized spacial score (nSPS) is 10.6. The van der Waals surface area contributed by atoms with E-state index in [1.165, 1.54) is 11.3 Å². The molecule has 3 heteroatoms. The van der Waals surface area contributed by atoms with Gasteiger partial charge < -0.3 is 5.73 Å². The summed E-state index contributed by atoms with van der Waals surface area (Å²) in [7, 11) is 0. The van der Waals surface area contributed by atoms with E-state index in [1.54, 1.807) is 0 Å². The Hall–Kier alpha value is -1.09. The highest BCUT2D eigenvalue weighted by Crippen LogP contribution is 2.25. The molecule has 2 rings (SSSR count). The first kappa shape index (κ1) is 6.61. The molecule has 2 N–H and O–H groups in total. The quantitative estimate of drug-likeness (QED) is 0.645. The second kappa shape index (κ2) is 2.20. The number of thiazole rings is 1. The highest BCUT2D eigenvalue weighted by molar-refractivity contribution is 7.22. The Labute approximate surface area is 68.7 Å². The van der Waals surface area contributed by atoms with Gasteiger partial charge >= 0.3 is 0 Å². The summed E-state index contributed by atoms with van der Waals surface area (Å²) in [6, 6.07) is 5.89. The lowest BCUT2D eigenvalue weighted by Crippen LogP contribution is -1.80. The van der Waals surface area contributed by atoms with Crippen LogP contribution in [-0.2, 0) is 0 Å². The van der Waals surface area contributed by atoms with Gasteiger partial charge in [0.2, 0.25) is 0 Å². The molecule has 0 aliphatic carbocycles. The van der Waals surface area contributed by atoms with Crippen LogP contribution in [0.3, 0.4) is 0 Å². The van der Waals surface area contributed by atoms with Gasteiger partial charge in [0.15, 0.2) is 5.13 Å². The fraction of sp³-hybridized carbons (Fsp3) is 0. The van der Waals surface area contributed by atoms with E-state index < -0.39 is 0 Å². The number of aromatic nitrogens is 1. The van der Waals surface area contributed by atoms with Crippen molar-refractivity contribution >= 4 is 26.7 Å². The van der Waals surface area contributed by atoms with Gasteiger partial charge in [-0.15, -0.1) is 0 Å². The number of anilines is 1. The summed E-state index contributed by atoms with van der Waals surface area (Å²) in [6.07, 6.45) is 0. The van der Waals surface area contributed by atoms with E-state index in [1.807, 2.05) is 18.2 Å². The zero-order valence-electron chi connectivity index (χ0n) is 5.87. The summed E-state index contributed by atoms with van der Waals surface area (Å²) in [5.74, 6) is 0.